The van der Waals surface area contributed by atoms with E-state index in [0.717, 1.165) is 12.8 Å². The minimum atomic E-state index is -0.272. The van der Waals surface area contributed by atoms with Crippen LogP contribution >= 0.6 is 0 Å². The lowest BCUT2D eigenvalue weighted by Gasteiger charge is -2.14. The molecule has 1 aliphatic rings. The summed E-state index contributed by atoms with van der Waals surface area (Å²) in [5, 5.41) is 5.34. The average molecular weight is 243 g/mol. The molecule has 1 fully saturated rings. The zero-order valence-corrected chi connectivity index (χ0v) is 10.2. The fourth-order valence-corrected chi connectivity index (χ4v) is 1.41. The Labute approximate surface area is 101 Å². The van der Waals surface area contributed by atoms with Gasteiger partial charge in [0.15, 0.2) is 0 Å². The number of nitrogens with one attached hydrogen (secondary N) is 2. The highest BCUT2D eigenvalue weighted by Gasteiger charge is 2.23. The summed E-state index contributed by atoms with van der Waals surface area (Å²) < 4.78 is 5.26. The maximum atomic E-state index is 11.5. The first kappa shape index (κ1) is 13.9. The van der Waals surface area contributed by atoms with Gasteiger partial charge >= 0.3 is 0 Å². The molecule has 17 heavy (non-hydrogen) atoms. The molecule has 1 saturated carbocycles. The zero-order valence-electron chi connectivity index (χ0n) is 10.2. The van der Waals surface area contributed by atoms with Gasteiger partial charge < -0.3 is 21.1 Å². The molecule has 0 spiro atoms. The van der Waals surface area contributed by atoms with Crippen LogP contribution in [0.4, 0.5) is 0 Å². The second-order valence-electron chi connectivity index (χ2n) is 4.14. The van der Waals surface area contributed by atoms with Crippen LogP contribution in [0.3, 0.4) is 0 Å². The van der Waals surface area contributed by atoms with E-state index in [9.17, 15) is 9.59 Å². The molecule has 1 rings (SSSR count). The van der Waals surface area contributed by atoms with Crippen molar-refractivity contribution in [2.75, 3.05) is 19.7 Å². The van der Waals surface area contributed by atoms with E-state index in [1.165, 1.54) is 0 Å². The Balaban J connectivity index is 2.12. The molecule has 0 heterocycles. The molecule has 0 aromatic carbocycles. The molecule has 1 atom stereocenters. The Morgan fingerprint density at radius 2 is 2.12 bits per heavy atom. The molecule has 0 aromatic rings. The van der Waals surface area contributed by atoms with Crippen LogP contribution < -0.4 is 16.4 Å². The minimum Gasteiger partial charge on any atom is -0.377 e. The lowest BCUT2D eigenvalue weighted by Crippen LogP contribution is -2.40. The molecule has 0 aromatic heterocycles. The molecular weight excluding hydrogens is 222 g/mol. The monoisotopic (exact) mass is 243 g/mol. The third kappa shape index (κ3) is 6.23. The van der Waals surface area contributed by atoms with E-state index in [-0.39, 0.29) is 30.9 Å². The van der Waals surface area contributed by atoms with Crippen LogP contribution in [0.5, 0.6) is 0 Å². The highest BCUT2D eigenvalue weighted by Crippen LogP contribution is 2.18. The average Bonchev–Trinajstić information content (AvgIpc) is 3.09. The van der Waals surface area contributed by atoms with Crippen LogP contribution in [0, 0.1) is 0 Å². The summed E-state index contributed by atoms with van der Waals surface area (Å²) >= 11 is 0. The second kappa shape index (κ2) is 7.24. The van der Waals surface area contributed by atoms with Gasteiger partial charge in [0.2, 0.25) is 11.8 Å². The number of hydrogen-bond donors (Lipinski definition) is 3. The summed E-state index contributed by atoms with van der Waals surface area (Å²) in [5.74, 6) is -0.346. The molecule has 0 aliphatic heterocycles. The molecule has 6 heteroatoms. The SMILES string of the molecule is CCOC(CN)CC(=O)NCC(=O)NC1CC1. The van der Waals surface area contributed by atoms with Crippen molar-refractivity contribution in [2.45, 2.75) is 38.3 Å². The summed E-state index contributed by atoms with van der Waals surface area (Å²) in [7, 11) is 0. The maximum absolute atomic E-state index is 11.5. The van der Waals surface area contributed by atoms with Crippen LogP contribution in [0.2, 0.25) is 0 Å². The van der Waals surface area contributed by atoms with Crippen molar-refractivity contribution < 1.29 is 14.3 Å². The summed E-state index contributed by atoms with van der Waals surface area (Å²) in [4.78, 5) is 22.8. The first-order valence-electron chi connectivity index (χ1n) is 6.03. The standard InChI is InChI=1S/C11H21N3O3/c1-2-17-9(6-12)5-10(15)13-7-11(16)14-8-3-4-8/h8-9H,2-7,12H2,1H3,(H,13,15)(H,14,16). The molecule has 0 saturated heterocycles. The van der Waals surface area contributed by atoms with Crippen molar-refractivity contribution in [2.24, 2.45) is 5.73 Å². The van der Waals surface area contributed by atoms with Gasteiger partial charge in [-0.25, -0.2) is 0 Å². The van der Waals surface area contributed by atoms with E-state index >= 15 is 0 Å². The largest absolute Gasteiger partial charge is 0.377 e. The van der Waals surface area contributed by atoms with E-state index in [4.69, 9.17) is 10.5 Å². The fourth-order valence-electron chi connectivity index (χ4n) is 1.41. The predicted molar refractivity (Wildman–Crippen MR) is 63.3 cm³/mol. The topological polar surface area (TPSA) is 93.4 Å². The zero-order chi connectivity index (χ0) is 12.7. The summed E-state index contributed by atoms with van der Waals surface area (Å²) in [6.45, 7) is 2.70. The number of rotatable bonds is 8. The van der Waals surface area contributed by atoms with Gasteiger partial charge in [0.1, 0.15) is 0 Å². The maximum Gasteiger partial charge on any atom is 0.239 e. The molecule has 1 unspecified atom stereocenters. The van der Waals surface area contributed by atoms with Gasteiger partial charge in [-0.2, -0.15) is 0 Å². The van der Waals surface area contributed by atoms with Gasteiger partial charge in [0, 0.05) is 19.2 Å². The summed E-state index contributed by atoms with van der Waals surface area (Å²) in [5.41, 5.74) is 5.45. The lowest BCUT2D eigenvalue weighted by atomic mass is 10.2. The second-order valence-corrected chi connectivity index (χ2v) is 4.14. The molecule has 0 radical (unpaired) electrons. The van der Waals surface area contributed by atoms with Crippen molar-refractivity contribution >= 4 is 11.8 Å². The number of carbonyl (C=O) groups is 2. The quantitative estimate of drug-likeness (QED) is 0.517. The van der Waals surface area contributed by atoms with Crippen molar-refractivity contribution in [3.63, 3.8) is 0 Å². The van der Waals surface area contributed by atoms with Gasteiger partial charge in [-0.3, -0.25) is 9.59 Å². The van der Waals surface area contributed by atoms with Gasteiger partial charge in [-0.1, -0.05) is 0 Å². The minimum absolute atomic E-state index is 0.0265. The Morgan fingerprint density at radius 1 is 1.41 bits per heavy atom. The number of ether oxygens (including phenoxy) is 1. The molecule has 2 amide bonds. The van der Waals surface area contributed by atoms with Crippen molar-refractivity contribution in [1.29, 1.82) is 0 Å². The third-order valence-corrected chi connectivity index (χ3v) is 2.47. The molecule has 0 bridgehead atoms. The normalized spacial score (nSPS) is 16.4. The van der Waals surface area contributed by atoms with Crippen molar-refractivity contribution in [3.05, 3.63) is 0 Å². The van der Waals surface area contributed by atoms with Crippen LogP contribution in [-0.4, -0.2) is 43.7 Å². The Hall–Kier alpha value is -1.14. The summed E-state index contributed by atoms with van der Waals surface area (Å²) in [6.07, 6.45) is 2.01. The third-order valence-electron chi connectivity index (χ3n) is 2.47. The molecule has 6 nitrogen and oxygen atoms in total. The van der Waals surface area contributed by atoms with E-state index in [1.54, 1.807) is 0 Å². The molecule has 4 N–H and O–H groups in total. The van der Waals surface area contributed by atoms with Crippen LogP contribution in [-0.2, 0) is 14.3 Å². The Morgan fingerprint density at radius 3 is 2.65 bits per heavy atom. The first-order valence-corrected chi connectivity index (χ1v) is 6.03. The molecular formula is C11H21N3O3. The predicted octanol–water partition coefficient (Wildman–Crippen LogP) is -0.865. The van der Waals surface area contributed by atoms with E-state index in [2.05, 4.69) is 10.6 Å². The molecule has 98 valence electrons. The van der Waals surface area contributed by atoms with E-state index in [1.807, 2.05) is 6.92 Å². The van der Waals surface area contributed by atoms with E-state index in [0.29, 0.717) is 19.2 Å². The van der Waals surface area contributed by atoms with Crippen molar-refractivity contribution in [1.82, 2.24) is 10.6 Å². The fraction of sp³-hybridized carbons (Fsp3) is 0.818. The Bertz CT molecular complexity index is 267. The van der Waals surface area contributed by atoms with Crippen LogP contribution in [0.15, 0.2) is 0 Å². The number of hydrogen-bond acceptors (Lipinski definition) is 4. The first-order chi connectivity index (χ1) is 8.15. The van der Waals surface area contributed by atoms with Gasteiger partial charge in [-0.15, -0.1) is 0 Å². The summed E-state index contributed by atoms with van der Waals surface area (Å²) in [6, 6.07) is 0.319. The van der Waals surface area contributed by atoms with Gasteiger partial charge in [0.25, 0.3) is 0 Å². The van der Waals surface area contributed by atoms with Crippen LogP contribution in [0.1, 0.15) is 26.2 Å². The van der Waals surface area contributed by atoms with Gasteiger partial charge in [0.05, 0.1) is 19.1 Å². The number of amides is 2. The van der Waals surface area contributed by atoms with Crippen LogP contribution in [0.25, 0.3) is 0 Å². The van der Waals surface area contributed by atoms with Gasteiger partial charge in [-0.05, 0) is 19.8 Å². The van der Waals surface area contributed by atoms with Crippen molar-refractivity contribution in [3.8, 4) is 0 Å². The lowest BCUT2D eigenvalue weighted by molar-refractivity contribution is -0.127. The highest BCUT2D eigenvalue weighted by atomic mass is 16.5. The number of nitrogens with two attached hydrogens (primary N) is 1. The highest BCUT2D eigenvalue weighted by molar-refractivity contribution is 5.85. The Kier molecular flexibility index (Phi) is 5.93. The smallest absolute Gasteiger partial charge is 0.239 e. The molecule has 1 aliphatic carbocycles. The number of carbonyl (C=O) groups excluding carboxylic acids is 2. The van der Waals surface area contributed by atoms with E-state index < -0.39 is 0 Å².